The number of nitrogens with one attached hydrogen (secondary N) is 1. The quantitative estimate of drug-likeness (QED) is 0.630. The second kappa shape index (κ2) is 9.60. The van der Waals surface area contributed by atoms with Crippen LogP contribution in [-0.4, -0.2) is 61.0 Å². The summed E-state index contributed by atoms with van der Waals surface area (Å²) in [6, 6.07) is 13.5. The molecule has 0 radical (unpaired) electrons. The summed E-state index contributed by atoms with van der Waals surface area (Å²) in [7, 11) is 3.79. The number of rotatable bonds is 6. The zero-order chi connectivity index (χ0) is 21.8. The molecule has 7 heteroatoms. The maximum Gasteiger partial charge on any atom is 0.255 e. The Morgan fingerprint density at radius 2 is 1.97 bits per heavy atom. The van der Waals surface area contributed by atoms with Crippen molar-refractivity contribution in [3.63, 3.8) is 0 Å². The minimum atomic E-state index is -0.113. The zero-order valence-electron chi connectivity index (χ0n) is 18.2. The van der Waals surface area contributed by atoms with Crippen molar-refractivity contribution in [2.75, 3.05) is 45.7 Å². The van der Waals surface area contributed by atoms with Gasteiger partial charge in [0.05, 0.1) is 17.8 Å². The molecule has 1 amide bonds. The molecule has 0 aliphatic carbocycles. The molecule has 2 aromatic carbocycles. The van der Waals surface area contributed by atoms with Gasteiger partial charge in [0.2, 0.25) is 0 Å². The number of amides is 1. The van der Waals surface area contributed by atoms with E-state index in [0.717, 1.165) is 66.0 Å². The second-order valence-electron chi connectivity index (χ2n) is 7.89. The van der Waals surface area contributed by atoms with Gasteiger partial charge in [-0.3, -0.25) is 9.69 Å². The molecule has 1 aliphatic heterocycles. The molecular formula is C24H28N4O2S. The number of anilines is 1. The van der Waals surface area contributed by atoms with Crippen molar-refractivity contribution in [2.45, 2.75) is 13.5 Å². The SMILES string of the molecule is COc1ccc(C(=O)Nc2cccc(-c3csc(C)n3)c2)c(CN2CCN(C)CC2)c1. The van der Waals surface area contributed by atoms with Crippen LogP contribution in [0.2, 0.25) is 0 Å². The van der Waals surface area contributed by atoms with Crippen molar-refractivity contribution in [3.8, 4) is 17.0 Å². The van der Waals surface area contributed by atoms with E-state index in [4.69, 9.17) is 4.74 Å². The number of aromatic nitrogens is 1. The summed E-state index contributed by atoms with van der Waals surface area (Å²) in [6.07, 6.45) is 0. The van der Waals surface area contributed by atoms with Crippen molar-refractivity contribution in [1.29, 1.82) is 0 Å². The van der Waals surface area contributed by atoms with E-state index >= 15 is 0 Å². The monoisotopic (exact) mass is 436 g/mol. The van der Waals surface area contributed by atoms with Crippen LogP contribution in [-0.2, 0) is 6.54 Å². The number of piperazine rings is 1. The average molecular weight is 437 g/mol. The minimum absolute atomic E-state index is 0.113. The molecule has 162 valence electrons. The van der Waals surface area contributed by atoms with Crippen molar-refractivity contribution >= 4 is 22.9 Å². The van der Waals surface area contributed by atoms with Gasteiger partial charge in [0.1, 0.15) is 5.75 Å². The third-order valence-corrected chi connectivity index (χ3v) is 6.36. The van der Waals surface area contributed by atoms with Crippen LogP contribution in [0.4, 0.5) is 5.69 Å². The van der Waals surface area contributed by atoms with Crippen LogP contribution < -0.4 is 10.1 Å². The first-order valence-corrected chi connectivity index (χ1v) is 11.3. The number of benzene rings is 2. The normalized spacial score (nSPS) is 15.1. The number of hydrogen-bond donors (Lipinski definition) is 1. The summed E-state index contributed by atoms with van der Waals surface area (Å²) < 4.78 is 5.42. The van der Waals surface area contributed by atoms with E-state index in [-0.39, 0.29) is 5.91 Å². The highest BCUT2D eigenvalue weighted by atomic mass is 32.1. The van der Waals surface area contributed by atoms with E-state index < -0.39 is 0 Å². The number of nitrogens with zero attached hydrogens (tertiary/aromatic N) is 3. The van der Waals surface area contributed by atoms with Gasteiger partial charge < -0.3 is 15.0 Å². The molecule has 1 saturated heterocycles. The summed E-state index contributed by atoms with van der Waals surface area (Å²) in [5.41, 5.74) is 4.34. The molecule has 0 spiro atoms. The van der Waals surface area contributed by atoms with Gasteiger partial charge in [-0.1, -0.05) is 12.1 Å². The first-order chi connectivity index (χ1) is 15.0. The lowest BCUT2D eigenvalue weighted by atomic mass is 10.0. The number of likely N-dealkylation sites (N-methyl/N-ethyl adjacent to an activating group) is 1. The topological polar surface area (TPSA) is 57.7 Å². The summed E-state index contributed by atoms with van der Waals surface area (Å²) in [5, 5.41) is 6.13. The predicted octanol–water partition coefficient (Wildman–Crippen LogP) is 4.13. The fourth-order valence-corrected chi connectivity index (χ4v) is 4.37. The van der Waals surface area contributed by atoms with E-state index in [0.29, 0.717) is 5.56 Å². The van der Waals surface area contributed by atoms with Gasteiger partial charge in [-0.25, -0.2) is 4.98 Å². The van der Waals surface area contributed by atoms with Gasteiger partial charge in [-0.15, -0.1) is 11.3 Å². The molecule has 0 bridgehead atoms. The minimum Gasteiger partial charge on any atom is -0.497 e. The van der Waals surface area contributed by atoms with Crippen molar-refractivity contribution in [3.05, 3.63) is 64.0 Å². The van der Waals surface area contributed by atoms with Crippen LogP contribution in [0.1, 0.15) is 20.9 Å². The van der Waals surface area contributed by atoms with E-state index in [1.807, 2.05) is 54.8 Å². The molecule has 2 heterocycles. The molecule has 31 heavy (non-hydrogen) atoms. The molecule has 1 aromatic heterocycles. The molecule has 3 aromatic rings. The Hall–Kier alpha value is -2.74. The molecular weight excluding hydrogens is 408 g/mol. The van der Waals surface area contributed by atoms with Gasteiger partial charge >= 0.3 is 0 Å². The molecule has 1 aliphatic rings. The first-order valence-electron chi connectivity index (χ1n) is 10.4. The number of aryl methyl sites for hydroxylation is 1. The largest absolute Gasteiger partial charge is 0.497 e. The Balaban J connectivity index is 1.54. The van der Waals surface area contributed by atoms with Crippen LogP contribution in [0, 0.1) is 6.92 Å². The Kier molecular flexibility index (Phi) is 6.65. The van der Waals surface area contributed by atoms with Crippen LogP contribution in [0.25, 0.3) is 11.3 Å². The molecule has 6 nitrogen and oxygen atoms in total. The lowest BCUT2D eigenvalue weighted by molar-refractivity contribution is 0.102. The number of ether oxygens (including phenoxy) is 1. The highest BCUT2D eigenvalue weighted by molar-refractivity contribution is 7.09. The Morgan fingerprint density at radius 3 is 2.68 bits per heavy atom. The van der Waals surface area contributed by atoms with Crippen molar-refractivity contribution in [2.24, 2.45) is 0 Å². The summed E-state index contributed by atoms with van der Waals surface area (Å²) in [4.78, 5) is 22.4. The third-order valence-electron chi connectivity index (χ3n) is 5.58. The van der Waals surface area contributed by atoms with Gasteiger partial charge in [-0.05, 0) is 49.9 Å². The Labute approximate surface area is 187 Å². The maximum atomic E-state index is 13.2. The predicted molar refractivity (Wildman–Crippen MR) is 126 cm³/mol. The highest BCUT2D eigenvalue weighted by Gasteiger charge is 2.19. The number of hydrogen-bond acceptors (Lipinski definition) is 6. The van der Waals surface area contributed by atoms with Gasteiger partial charge in [0.15, 0.2) is 0 Å². The highest BCUT2D eigenvalue weighted by Crippen LogP contribution is 2.25. The average Bonchev–Trinajstić information content (AvgIpc) is 3.22. The van der Waals surface area contributed by atoms with E-state index in [1.165, 1.54) is 0 Å². The van der Waals surface area contributed by atoms with Crippen molar-refractivity contribution < 1.29 is 9.53 Å². The van der Waals surface area contributed by atoms with Gasteiger partial charge in [-0.2, -0.15) is 0 Å². The lowest BCUT2D eigenvalue weighted by Crippen LogP contribution is -2.44. The molecule has 1 fully saturated rings. The van der Waals surface area contributed by atoms with Gasteiger partial charge in [0.25, 0.3) is 5.91 Å². The number of methoxy groups -OCH3 is 1. The number of carbonyl (C=O) groups excluding carboxylic acids is 1. The Bertz CT molecular complexity index is 1060. The molecule has 4 rings (SSSR count). The van der Waals surface area contributed by atoms with Crippen LogP contribution in [0.5, 0.6) is 5.75 Å². The van der Waals surface area contributed by atoms with Crippen molar-refractivity contribution in [1.82, 2.24) is 14.8 Å². The van der Waals surface area contributed by atoms with E-state index in [2.05, 4.69) is 27.1 Å². The summed E-state index contributed by atoms with van der Waals surface area (Å²) >= 11 is 1.62. The molecule has 0 unspecified atom stereocenters. The maximum absolute atomic E-state index is 13.2. The lowest BCUT2D eigenvalue weighted by Gasteiger charge is -2.32. The Morgan fingerprint density at radius 1 is 1.16 bits per heavy atom. The van der Waals surface area contributed by atoms with Gasteiger partial charge in [0, 0.05) is 54.9 Å². The standard InChI is InChI=1S/C24H28N4O2S/c1-17-25-23(16-31-17)18-5-4-6-20(13-18)26-24(29)22-8-7-21(30-3)14-19(22)15-28-11-9-27(2)10-12-28/h4-8,13-14,16H,9-12,15H2,1-3H3,(H,26,29). The molecule has 0 saturated carbocycles. The van der Waals surface area contributed by atoms with E-state index in [9.17, 15) is 4.79 Å². The van der Waals surface area contributed by atoms with Crippen LogP contribution in [0.15, 0.2) is 47.8 Å². The van der Waals surface area contributed by atoms with Crippen LogP contribution >= 0.6 is 11.3 Å². The third kappa shape index (κ3) is 5.31. The fourth-order valence-electron chi connectivity index (χ4n) is 3.75. The zero-order valence-corrected chi connectivity index (χ0v) is 19.0. The first kappa shape index (κ1) is 21.5. The molecule has 0 atom stereocenters. The second-order valence-corrected chi connectivity index (χ2v) is 8.95. The smallest absolute Gasteiger partial charge is 0.255 e. The summed E-state index contributed by atoms with van der Waals surface area (Å²) in [5.74, 6) is 0.653. The van der Waals surface area contributed by atoms with E-state index in [1.54, 1.807) is 18.4 Å². The fraction of sp³-hybridized carbons (Fsp3) is 0.333. The molecule has 1 N–H and O–H groups in total. The summed E-state index contributed by atoms with van der Waals surface area (Å²) in [6.45, 7) is 6.77. The van der Waals surface area contributed by atoms with Crippen LogP contribution in [0.3, 0.4) is 0 Å². The number of thiazole rings is 1. The number of carbonyl (C=O) groups is 1.